The number of benzene rings is 1. The molecule has 0 amide bonds. The summed E-state index contributed by atoms with van der Waals surface area (Å²) in [7, 11) is 0. The Kier molecular flexibility index (Phi) is 4.43. The molecule has 0 aromatic heterocycles. The fourth-order valence-electron chi connectivity index (χ4n) is 2.45. The minimum Gasteiger partial charge on any atom is -0.479 e. The zero-order valence-electron chi connectivity index (χ0n) is 11.5. The molecule has 0 fully saturated rings. The zero-order chi connectivity index (χ0) is 13.8. The van der Waals surface area contributed by atoms with Crippen molar-refractivity contribution >= 4 is 5.97 Å². The molecule has 0 radical (unpaired) electrons. The molecule has 4 nitrogen and oxygen atoms in total. The maximum atomic E-state index is 10.8. The minimum absolute atomic E-state index is 0.431. The molecule has 0 spiro atoms. The molecule has 19 heavy (non-hydrogen) atoms. The van der Waals surface area contributed by atoms with Crippen LogP contribution in [-0.4, -0.2) is 23.7 Å². The van der Waals surface area contributed by atoms with E-state index in [0.717, 1.165) is 25.8 Å². The van der Waals surface area contributed by atoms with E-state index in [1.54, 1.807) is 6.92 Å². The van der Waals surface area contributed by atoms with Crippen molar-refractivity contribution < 1.29 is 14.6 Å². The van der Waals surface area contributed by atoms with Gasteiger partial charge in [-0.05, 0) is 56.0 Å². The maximum Gasteiger partial charge on any atom is 0.344 e. The molecule has 0 heterocycles. The van der Waals surface area contributed by atoms with Crippen LogP contribution in [-0.2, 0) is 11.2 Å². The Balaban J connectivity index is 2.07. The molecule has 1 aliphatic rings. The summed E-state index contributed by atoms with van der Waals surface area (Å²) in [6.45, 7) is 4.73. The van der Waals surface area contributed by atoms with E-state index in [1.807, 2.05) is 12.1 Å². The Morgan fingerprint density at radius 1 is 1.58 bits per heavy atom. The third-order valence-corrected chi connectivity index (χ3v) is 3.49. The van der Waals surface area contributed by atoms with Gasteiger partial charge in [0.25, 0.3) is 0 Å². The van der Waals surface area contributed by atoms with E-state index in [4.69, 9.17) is 9.84 Å². The molecule has 0 saturated heterocycles. The molecule has 1 aromatic carbocycles. The van der Waals surface area contributed by atoms with Gasteiger partial charge >= 0.3 is 5.97 Å². The first-order chi connectivity index (χ1) is 9.11. The Labute approximate surface area is 113 Å². The van der Waals surface area contributed by atoms with Crippen molar-refractivity contribution in [2.24, 2.45) is 0 Å². The molecule has 2 atom stereocenters. The third kappa shape index (κ3) is 3.26. The topological polar surface area (TPSA) is 58.6 Å². The molecule has 104 valence electrons. The number of ether oxygens (including phenoxy) is 1. The number of hydrogen-bond donors (Lipinski definition) is 2. The van der Waals surface area contributed by atoms with Crippen LogP contribution in [0, 0.1) is 0 Å². The second-order valence-corrected chi connectivity index (χ2v) is 5.00. The Hall–Kier alpha value is -1.55. The lowest BCUT2D eigenvalue weighted by atomic mass is 10.1. The number of aryl methyl sites for hydroxylation is 1. The van der Waals surface area contributed by atoms with E-state index < -0.39 is 12.1 Å². The number of hydrogen-bond acceptors (Lipinski definition) is 3. The summed E-state index contributed by atoms with van der Waals surface area (Å²) in [5.41, 5.74) is 2.59. The first kappa shape index (κ1) is 13.9. The molecule has 1 aliphatic carbocycles. The van der Waals surface area contributed by atoms with E-state index in [2.05, 4.69) is 18.3 Å². The SMILES string of the molecule is CCCNC1CCc2cc(OC(C)C(=O)O)ccc21. The van der Waals surface area contributed by atoms with Gasteiger partial charge in [0.15, 0.2) is 6.10 Å². The van der Waals surface area contributed by atoms with Crippen LogP contribution in [0.5, 0.6) is 5.75 Å². The number of rotatable bonds is 6. The minimum atomic E-state index is -0.942. The Morgan fingerprint density at radius 2 is 2.37 bits per heavy atom. The summed E-state index contributed by atoms with van der Waals surface area (Å²) in [5, 5.41) is 12.4. The first-order valence-corrected chi connectivity index (χ1v) is 6.87. The normalized spacial score (nSPS) is 18.9. The van der Waals surface area contributed by atoms with Crippen molar-refractivity contribution in [3.63, 3.8) is 0 Å². The average molecular weight is 263 g/mol. The van der Waals surface area contributed by atoms with Crippen LogP contribution in [0.25, 0.3) is 0 Å². The molecule has 2 unspecified atom stereocenters. The molecular formula is C15H21NO3. The lowest BCUT2D eigenvalue weighted by molar-refractivity contribution is -0.144. The second-order valence-electron chi connectivity index (χ2n) is 5.00. The van der Waals surface area contributed by atoms with Crippen LogP contribution < -0.4 is 10.1 Å². The molecular weight excluding hydrogens is 242 g/mol. The first-order valence-electron chi connectivity index (χ1n) is 6.87. The van der Waals surface area contributed by atoms with Crippen LogP contribution in [0.15, 0.2) is 18.2 Å². The second kappa shape index (κ2) is 6.06. The fourth-order valence-corrected chi connectivity index (χ4v) is 2.45. The van der Waals surface area contributed by atoms with Crippen molar-refractivity contribution in [2.45, 2.75) is 45.3 Å². The molecule has 0 bridgehead atoms. The van der Waals surface area contributed by atoms with Gasteiger partial charge in [-0.2, -0.15) is 0 Å². The van der Waals surface area contributed by atoms with Gasteiger partial charge in [-0.15, -0.1) is 0 Å². The average Bonchev–Trinajstić information content (AvgIpc) is 2.78. The molecule has 0 saturated carbocycles. The smallest absolute Gasteiger partial charge is 0.344 e. The van der Waals surface area contributed by atoms with Crippen LogP contribution in [0.3, 0.4) is 0 Å². The molecule has 2 rings (SSSR count). The molecule has 0 aliphatic heterocycles. The van der Waals surface area contributed by atoms with E-state index in [0.29, 0.717) is 11.8 Å². The van der Waals surface area contributed by atoms with Crippen LogP contribution in [0.4, 0.5) is 0 Å². The summed E-state index contributed by atoms with van der Waals surface area (Å²) in [6, 6.07) is 6.33. The summed E-state index contributed by atoms with van der Waals surface area (Å²) in [6.07, 6.45) is 2.44. The van der Waals surface area contributed by atoms with Gasteiger partial charge in [-0.1, -0.05) is 13.0 Å². The quantitative estimate of drug-likeness (QED) is 0.828. The van der Waals surface area contributed by atoms with Gasteiger partial charge in [-0.25, -0.2) is 4.79 Å². The fraction of sp³-hybridized carbons (Fsp3) is 0.533. The molecule has 4 heteroatoms. The summed E-state index contributed by atoms with van der Waals surface area (Å²) < 4.78 is 5.40. The lowest BCUT2D eigenvalue weighted by Crippen LogP contribution is -2.23. The van der Waals surface area contributed by atoms with Crippen molar-refractivity contribution in [3.8, 4) is 5.75 Å². The summed E-state index contributed by atoms with van der Waals surface area (Å²) >= 11 is 0. The van der Waals surface area contributed by atoms with E-state index in [9.17, 15) is 4.79 Å². The standard InChI is InChI=1S/C15H21NO3/c1-3-8-16-14-7-4-11-9-12(5-6-13(11)14)19-10(2)15(17)18/h5-6,9-10,14,16H,3-4,7-8H2,1-2H3,(H,17,18). The predicted molar refractivity (Wildman–Crippen MR) is 73.5 cm³/mol. The Morgan fingerprint density at radius 3 is 3.05 bits per heavy atom. The number of carboxylic acids is 1. The highest BCUT2D eigenvalue weighted by molar-refractivity contribution is 5.72. The monoisotopic (exact) mass is 263 g/mol. The van der Waals surface area contributed by atoms with Gasteiger partial charge < -0.3 is 15.2 Å². The van der Waals surface area contributed by atoms with Crippen molar-refractivity contribution in [2.75, 3.05) is 6.54 Å². The molecule has 1 aromatic rings. The van der Waals surface area contributed by atoms with Gasteiger partial charge in [-0.3, -0.25) is 0 Å². The van der Waals surface area contributed by atoms with Crippen LogP contribution in [0.2, 0.25) is 0 Å². The van der Waals surface area contributed by atoms with Gasteiger partial charge in [0.1, 0.15) is 5.75 Å². The third-order valence-electron chi connectivity index (χ3n) is 3.49. The van der Waals surface area contributed by atoms with Crippen LogP contribution >= 0.6 is 0 Å². The Bertz CT molecular complexity index is 459. The largest absolute Gasteiger partial charge is 0.479 e. The highest BCUT2D eigenvalue weighted by Crippen LogP contribution is 2.33. The number of nitrogens with one attached hydrogen (secondary N) is 1. The summed E-state index contributed by atoms with van der Waals surface area (Å²) in [4.78, 5) is 10.8. The van der Waals surface area contributed by atoms with Gasteiger partial charge in [0.05, 0.1) is 0 Å². The number of carboxylic acid groups (broad SMARTS) is 1. The highest BCUT2D eigenvalue weighted by atomic mass is 16.5. The van der Waals surface area contributed by atoms with Gasteiger partial charge in [0, 0.05) is 6.04 Å². The van der Waals surface area contributed by atoms with Crippen molar-refractivity contribution in [3.05, 3.63) is 29.3 Å². The van der Waals surface area contributed by atoms with Crippen molar-refractivity contribution in [1.82, 2.24) is 5.32 Å². The number of carbonyl (C=O) groups is 1. The van der Waals surface area contributed by atoms with E-state index in [-0.39, 0.29) is 0 Å². The van der Waals surface area contributed by atoms with Gasteiger partial charge in [0.2, 0.25) is 0 Å². The molecule has 2 N–H and O–H groups in total. The van der Waals surface area contributed by atoms with E-state index >= 15 is 0 Å². The van der Waals surface area contributed by atoms with Crippen molar-refractivity contribution in [1.29, 1.82) is 0 Å². The highest BCUT2D eigenvalue weighted by Gasteiger charge is 2.22. The predicted octanol–water partition coefficient (Wildman–Crippen LogP) is 2.53. The van der Waals surface area contributed by atoms with Crippen LogP contribution in [0.1, 0.15) is 43.9 Å². The number of aliphatic carboxylic acids is 1. The zero-order valence-corrected chi connectivity index (χ0v) is 11.5. The number of fused-ring (bicyclic) bond motifs is 1. The maximum absolute atomic E-state index is 10.8. The van der Waals surface area contributed by atoms with E-state index in [1.165, 1.54) is 11.1 Å². The summed E-state index contributed by atoms with van der Waals surface area (Å²) in [5.74, 6) is -0.298. The lowest BCUT2D eigenvalue weighted by Gasteiger charge is -2.15.